The van der Waals surface area contributed by atoms with Gasteiger partial charge in [0.25, 0.3) is 0 Å². The van der Waals surface area contributed by atoms with E-state index in [1.807, 2.05) is 36.4 Å². The topological polar surface area (TPSA) is 51.2 Å². The molecule has 3 rings (SSSR count). The van der Waals surface area contributed by atoms with Gasteiger partial charge < -0.3 is 10.1 Å². The summed E-state index contributed by atoms with van der Waals surface area (Å²) >= 11 is 1.65. The summed E-state index contributed by atoms with van der Waals surface area (Å²) in [6.45, 7) is 6.15. The van der Waals surface area contributed by atoms with Gasteiger partial charge in [-0.05, 0) is 41.8 Å². The molecule has 4 nitrogen and oxygen atoms in total. The van der Waals surface area contributed by atoms with E-state index < -0.39 is 0 Å². The summed E-state index contributed by atoms with van der Waals surface area (Å²) in [5.41, 5.74) is 2.90. The molecule has 0 radical (unpaired) electrons. The largest absolute Gasteiger partial charge is 0.486 e. The van der Waals surface area contributed by atoms with E-state index in [4.69, 9.17) is 4.74 Å². The zero-order valence-electron chi connectivity index (χ0n) is 14.0. The summed E-state index contributed by atoms with van der Waals surface area (Å²) in [5, 5.41) is 3.82. The zero-order chi connectivity index (χ0) is 17.1. The first-order valence-corrected chi connectivity index (χ1v) is 8.73. The van der Waals surface area contributed by atoms with Crippen molar-refractivity contribution in [1.82, 2.24) is 4.98 Å². The Balaban J connectivity index is 1.77. The van der Waals surface area contributed by atoms with Crippen LogP contribution in [0.1, 0.15) is 37.3 Å². The number of nitrogens with zero attached hydrogens (tertiary/aromatic N) is 1. The van der Waals surface area contributed by atoms with Crippen LogP contribution in [0.3, 0.4) is 0 Å². The number of hydrogen-bond donors (Lipinski definition) is 1. The molecule has 0 unspecified atom stereocenters. The van der Waals surface area contributed by atoms with E-state index in [9.17, 15) is 4.79 Å². The number of amides is 1. The maximum atomic E-state index is 11.3. The molecule has 0 fully saturated rings. The van der Waals surface area contributed by atoms with Crippen LogP contribution < -0.4 is 10.1 Å². The molecule has 0 saturated heterocycles. The minimum atomic E-state index is -0.0694. The number of fused-ring (bicyclic) bond motifs is 1. The Hall–Kier alpha value is -2.40. The highest BCUT2D eigenvalue weighted by Crippen LogP contribution is 2.29. The van der Waals surface area contributed by atoms with Crippen molar-refractivity contribution in [3.8, 4) is 5.75 Å². The van der Waals surface area contributed by atoms with Gasteiger partial charge >= 0.3 is 0 Å². The fourth-order valence-corrected chi connectivity index (χ4v) is 3.42. The highest BCUT2D eigenvalue weighted by molar-refractivity contribution is 7.18. The lowest BCUT2D eigenvalue weighted by atomic mass is 10.0. The molecular weight excluding hydrogens is 320 g/mol. The first-order chi connectivity index (χ1) is 11.5. The summed E-state index contributed by atoms with van der Waals surface area (Å²) in [5.74, 6) is 1.00. The van der Waals surface area contributed by atoms with Crippen molar-refractivity contribution in [3.63, 3.8) is 0 Å². The number of rotatable bonds is 5. The van der Waals surface area contributed by atoms with Crippen LogP contribution in [-0.2, 0) is 11.4 Å². The lowest BCUT2D eigenvalue weighted by Gasteiger charge is -2.15. The molecule has 0 atom stereocenters. The maximum Gasteiger partial charge on any atom is 0.221 e. The van der Waals surface area contributed by atoms with E-state index in [2.05, 4.69) is 30.2 Å². The van der Waals surface area contributed by atoms with Crippen molar-refractivity contribution >= 4 is 33.1 Å². The monoisotopic (exact) mass is 340 g/mol. The molecule has 0 bridgehead atoms. The van der Waals surface area contributed by atoms with Crippen LogP contribution in [0, 0.1) is 0 Å². The van der Waals surface area contributed by atoms with Gasteiger partial charge in [-0.15, -0.1) is 11.3 Å². The molecule has 0 aliphatic carbocycles. The lowest BCUT2D eigenvalue weighted by Crippen LogP contribution is -2.09. The normalized spacial score (nSPS) is 11.0. The van der Waals surface area contributed by atoms with Gasteiger partial charge in [-0.2, -0.15) is 0 Å². The number of thiazole rings is 1. The first-order valence-electron chi connectivity index (χ1n) is 7.91. The van der Waals surface area contributed by atoms with Crippen molar-refractivity contribution < 1.29 is 9.53 Å². The van der Waals surface area contributed by atoms with E-state index in [0.717, 1.165) is 27.5 Å². The third-order valence-corrected chi connectivity index (χ3v) is 4.67. The van der Waals surface area contributed by atoms with Crippen molar-refractivity contribution in [1.29, 1.82) is 0 Å². The van der Waals surface area contributed by atoms with Gasteiger partial charge in [0.15, 0.2) is 0 Å². The second-order valence-electron chi connectivity index (χ2n) is 5.95. The molecule has 0 aliphatic rings. The SMILES string of the molecule is CC(=O)Nc1ccc(OCc2nc3ccccc3s2)cc1C(C)C. The van der Waals surface area contributed by atoms with Crippen LogP contribution in [0.2, 0.25) is 0 Å². The molecule has 5 heteroatoms. The molecule has 2 aromatic carbocycles. The molecule has 124 valence electrons. The summed E-state index contributed by atoms with van der Waals surface area (Å²) in [7, 11) is 0. The Kier molecular flexibility index (Phi) is 4.81. The van der Waals surface area contributed by atoms with Gasteiger partial charge in [0.2, 0.25) is 5.91 Å². The highest BCUT2D eigenvalue weighted by atomic mass is 32.1. The molecule has 1 N–H and O–H groups in total. The third kappa shape index (κ3) is 3.74. The highest BCUT2D eigenvalue weighted by Gasteiger charge is 2.10. The molecule has 24 heavy (non-hydrogen) atoms. The van der Waals surface area contributed by atoms with Gasteiger partial charge in [-0.3, -0.25) is 4.79 Å². The Bertz CT molecular complexity index is 838. The Labute approximate surface area is 145 Å². The number of para-hydroxylation sites is 1. The number of aromatic nitrogens is 1. The predicted octanol–water partition coefficient (Wildman–Crippen LogP) is 4.96. The van der Waals surface area contributed by atoms with E-state index in [-0.39, 0.29) is 11.8 Å². The fraction of sp³-hybridized carbons (Fsp3) is 0.263. The number of ether oxygens (including phenoxy) is 1. The first kappa shape index (κ1) is 16.5. The summed E-state index contributed by atoms with van der Waals surface area (Å²) < 4.78 is 7.07. The van der Waals surface area contributed by atoms with Gasteiger partial charge in [-0.25, -0.2) is 4.98 Å². The molecule has 0 saturated carbocycles. The van der Waals surface area contributed by atoms with Gasteiger partial charge in [-0.1, -0.05) is 26.0 Å². The van der Waals surface area contributed by atoms with Gasteiger partial charge in [0, 0.05) is 12.6 Å². The number of benzene rings is 2. The van der Waals surface area contributed by atoms with Crippen molar-refractivity contribution in [2.75, 3.05) is 5.32 Å². The number of carbonyl (C=O) groups is 1. The van der Waals surface area contributed by atoms with Crippen LogP contribution in [-0.4, -0.2) is 10.9 Å². The summed E-state index contributed by atoms with van der Waals surface area (Å²) in [6, 6.07) is 13.8. The molecule has 1 amide bonds. The van der Waals surface area contributed by atoms with Crippen LogP contribution in [0.4, 0.5) is 5.69 Å². The van der Waals surface area contributed by atoms with E-state index in [1.54, 1.807) is 11.3 Å². The van der Waals surface area contributed by atoms with Crippen LogP contribution >= 0.6 is 11.3 Å². The standard InChI is InChI=1S/C19H20N2O2S/c1-12(2)15-10-14(8-9-16(15)20-13(3)22)23-11-19-21-17-6-4-5-7-18(17)24-19/h4-10,12H,11H2,1-3H3,(H,20,22). The van der Waals surface area contributed by atoms with E-state index >= 15 is 0 Å². The number of hydrogen-bond acceptors (Lipinski definition) is 4. The quantitative estimate of drug-likeness (QED) is 0.714. The lowest BCUT2D eigenvalue weighted by molar-refractivity contribution is -0.114. The number of nitrogens with one attached hydrogen (secondary N) is 1. The molecule has 1 aromatic heterocycles. The van der Waals surface area contributed by atoms with Crippen LogP contribution in [0.15, 0.2) is 42.5 Å². The minimum Gasteiger partial charge on any atom is -0.486 e. The van der Waals surface area contributed by atoms with Gasteiger partial charge in [0.1, 0.15) is 17.4 Å². The molecule has 0 aliphatic heterocycles. The van der Waals surface area contributed by atoms with E-state index in [1.165, 1.54) is 11.6 Å². The van der Waals surface area contributed by atoms with Crippen molar-refractivity contribution in [2.45, 2.75) is 33.3 Å². The second-order valence-corrected chi connectivity index (χ2v) is 7.06. The van der Waals surface area contributed by atoms with Crippen LogP contribution in [0.5, 0.6) is 5.75 Å². The number of anilines is 1. The smallest absolute Gasteiger partial charge is 0.221 e. The summed E-state index contributed by atoms with van der Waals surface area (Å²) in [6.07, 6.45) is 0. The van der Waals surface area contributed by atoms with E-state index in [0.29, 0.717) is 6.61 Å². The Morgan fingerprint density at radius 1 is 1.25 bits per heavy atom. The number of carbonyl (C=O) groups excluding carboxylic acids is 1. The zero-order valence-corrected chi connectivity index (χ0v) is 14.8. The Morgan fingerprint density at radius 3 is 2.75 bits per heavy atom. The van der Waals surface area contributed by atoms with Crippen molar-refractivity contribution in [3.05, 3.63) is 53.0 Å². The van der Waals surface area contributed by atoms with Crippen LogP contribution in [0.25, 0.3) is 10.2 Å². The van der Waals surface area contributed by atoms with Crippen molar-refractivity contribution in [2.24, 2.45) is 0 Å². The average Bonchev–Trinajstić information content (AvgIpc) is 2.96. The summed E-state index contributed by atoms with van der Waals surface area (Å²) in [4.78, 5) is 15.9. The third-order valence-electron chi connectivity index (χ3n) is 3.66. The predicted molar refractivity (Wildman–Crippen MR) is 98.8 cm³/mol. The molecular formula is C19H20N2O2S. The maximum absolute atomic E-state index is 11.3. The molecule has 3 aromatic rings. The van der Waals surface area contributed by atoms with Gasteiger partial charge in [0.05, 0.1) is 10.2 Å². The molecule has 1 heterocycles. The fourth-order valence-electron chi connectivity index (χ4n) is 2.54. The average molecular weight is 340 g/mol. The second kappa shape index (κ2) is 7.01. The molecule has 0 spiro atoms. The minimum absolute atomic E-state index is 0.0694. The Morgan fingerprint density at radius 2 is 2.04 bits per heavy atom.